The topological polar surface area (TPSA) is 34.6 Å². The Morgan fingerprint density at radius 1 is 1.00 bits per heavy atom. The molecular weight excluding hydrogens is 252 g/mol. The molecule has 0 N–H and O–H groups in total. The fourth-order valence-corrected chi connectivity index (χ4v) is 2.09. The molecule has 0 amide bonds. The Morgan fingerprint density at radius 3 is 2.25 bits per heavy atom. The van der Waals surface area contributed by atoms with Crippen molar-refractivity contribution in [2.24, 2.45) is 0 Å². The van der Waals surface area contributed by atoms with Gasteiger partial charge in [-0.3, -0.25) is 0 Å². The monoisotopic (exact) mass is 272 g/mol. The number of rotatable bonds is 4. The van der Waals surface area contributed by atoms with Crippen LogP contribution in [0.2, 0.25) is 0 Å². The van der Waals surface area contributed by atoms with Gasteiger partial charge in [-0.15, -0.1) is 0 Å². The number of hydrogen-bond donors (Lipinski definition) is 0. The Hall–Kier alpha value is -2.23. The van der Waals surface area contributed by atoms with Crippen molar-refractivity contribution >= 4 is 5.82 Å². The maximum Gasteiger partial charge on any atom is 0.161 e. The maximum atomic E-state index is 5.35. The molecule has 2 rings (SSSR count). The van der Waals surface area contributed by atoms with Crippen LogP contribution >= 0.6 is 0 Å². The molecular formula is C16H20N2O2. The number of benzene rings is 1. The van der Waals surface area contributed by atoms with Crippen LogP contribution in [0.25, 0.3) is 11.1 Å². The van der Waals surface area contributed by atoms with Crippen molar-refractivity contribution in [3.05, 3.63) is 36.0 Å². The van der Waals surface area contributed by atoms with E-state index in [9.17, 15) is 0 Å². The molecule has 0 fully saturated rings. The van der Waals surface area contributed by atoms with E-state index in [1.165, 1.54) is 5.56 Å². The third-order valence-electron chi connectivity index (χ3n) is 3.25. The quantitative estimate of drug-likeness (QED) is 0.856. The summed E-state index contributed by atoms with van der Waals surface area (Å²) in [6, 6.07) is 7.97. The summed E-state index contributed by atoms with van der Waals surface area (Å²) in [5.74, 6) is 2.40. The van der Waals surface area contributed by atoms with Crippen LogP contribution in [0.4, 0.5) is 5.82 Å². The zero-order chi connectivity index (χ0) is 14.7. The lowest BCUT2D eigenvalue weighted by Gasteiger charge is -2.15. The number of ether oxygens (including phenoxy) is 2. The molecule has 106 valence electrons. The standard InChI is InChI=1S/C16H20N2O2/c1-11-8-16(18(2)3)17-10-13(11)12-6-7-14(19-4)15(9-12)20-5/h6-10H,1-5H3. The van der Waals surface area contributed by atoms with Gasteiger partial charge in [0.1, 0.15) is 5.82 Å². The minimum atomic E-state index is 0.723. The second-order valence-electron chi connectivity index (χ2n) is 4.82. The third-order valence-corrected chi connectivity index (χ3v) is 3.25. The van der Waals surface area contributed by atoms with E-state index in [4.69, 9.17) is 9.47 Å². The Morgan fingerprint density at radius 2 is 1.70 bits per heavy atom. The van der Waals surface area contributed by atoms with E-state index in [1.807, 2.05) is 43.4 Å². The SMILES string of the molecule is COc1ccc(-c2cnc(N(C)C)cc2C)cc1OC. The highest BCUT2D eigenvalue weighted by atomic mass is 16.5. The molecule has 2 aromatic rings. The molecule has 4 nitrogen and oxygen atoms in total. The van der Waals surface area contributed by atoms with E-state index in [0.717, 1.165) is 28.4 Å². The number of nitrogens with zero attached hydrogens (tertiary/aromatic N) is 2. The van der Waals surface area contributed by atoms with Crippen LogP contribution in [0, 0.1) is 6.92 Å². The minimum Gasteiger partial charge on any atom is -0.493 e. The van der Waals surface area contributed by atoms with Crippen LogP contribution in [0.1, 0.15) is 5.56 Å². The van der Waals surface area contributed by atoms with Crippen molar-refractivity contribution in [2.45, 2.75) is 6.92 Å². The van der Waals surface area contributed by atoms with E-state index in [2.05, 4.69) is 18.0 Å². The molecule has 4 heteroatoms. The van der Waals surface area contributed by atoms with E-state index < -0.39 is 0 Å². The third kappa shape index (κ3) is 2.69. The molecule has 1 aromatic carbocycles. The van der Waals surface area contributed by atoms with Crippen molar-refractivity contribution < 1.29 is 9.47 Å². The van der Waals surface area contributed by atoms with Gasteiger partial charge >= 0.3 is 0 Å². The summed E-state index contributed by atoms with van der Waals surface area (Å²) in [6.07, 6.45) is 1.89. The van der Waals surface area contributed by atoms with Crippen LogP contribution in [0.5, 0.6) is 11.5 Å². The highest BCUT2D eigenvalue weighted by Crippen LogP contribution is 2.33. The van der Waals surface area contributed by atoms with Crippen molar-refractivity contribution in [2.75, 3.05) is 33.2 Å². The highest BCUT2D eigenvalue weighted by molar-refractivity contribution is 5.70. The zero-order valence-corrected chi connectivity index (χ0v) is 12.6. The first-order valence-corrected chi connectivity index (χ1v) is 6.43. The first-order chi connectivity index (χ1) is 9.56. The summed E-state index contributed by atoms with van der Waals surface area (Å²) in [4.78, 5) is 6.46. The first kappa shape index (κ1) is 14.2. The Kier molecular flexibility index (Phi) is 4.13. The molecule has 0 spiro atoms. The smallest absolute Gasteiger partial charge is 0.161 e. The molecule has 20 heavy (non-hydrogen) atoms. The fraction of sp³-hybridized carbons (Fsp3) is 0.312. The van der Waals surface area contributed by atoms with Crippen LogP contribution in [-0.2, 0) is 0 Å². The lowest BCUT2D eigenvalue weighted by atomic mass is 10.0. The van der Waals surface area contributed by atoms with Gasteiger partial charge in [0.2, 0.25) is 0 Å². The average molecular weight is 272 g/mol. The van der Waals surface area contributed by atoms with Crippen LogP contribution in [0.15, 0.2) is 30.5 Å². The Bertz CT molecular complexity index is 609. The molecule has 1 heterocycles. The summed E-state index contributed by atoms with van der Waals surface area (Å²) >= 11 is 0. The summed E-state index contributed by atoms with van der Waals surface area (Å²) < 4.78 is 10.6. The first-order valence-electron chi connectivity index (χ1n) is 6.43. The van der Waals surface area contributed by atoms with Crippen molar-refractivity contribution in [1.82, 2.24) is 4.98 Å². The van der Waals surface area contributed by atoms with E-state index >= 15 is 0 Å². The van der Waals surface area contributed by atoms with E-state index in [1.54, 1.807) is 14.2 Å². The number of methoxy groups -OCH3 is 2. The van der Waals surface area contributed by atoms with E-state index in [0.29, 0.717) is 0 Å². The molecule has 0 saturated heterocycles. The van der Waals surface area contributed by atoms with Gasteiger partial charge < -0.3 is 14.4 Å². The van der Waals surface area contributed by atoms with Gasteiger partial charge in [0.15, 0.2) is 11.5 Å². The summed E-state index contributed by atoms with van der Waals surface area (Å²) in [5.41, 5.74) is 3.34. The van der Waals surface area contributed by atoms with Crippen LogP contribution in [-0.4, -0.2) is 33.3 Å². The van der Waals surface area contributed by atoms with Crippen molar-refractivity contribution in [1.29, 1.82) is 0 Å². The predicted octanol–water partition coefficient (Wildman–Crippen LogP) is 3.14. The Labute approximate surface area is 120 Å². The number of aromatic nitrogens is 1. The average Bonchev–Trinajstić information content (AvgIpc) is 2.46. The van der Waals surface area contributed by atoms with Gasteiger partial charge in [-0.05, 0) is 36.2 Å². The lowest BCUT2D eigenvalue weighted by molar-refractivity contribution is 0.355. The number of anilines is 1. The van der Waals surface area contributed by atoms with E-state index in [-0.39, 0.29) is 0 Å². The van der Waals surface area contributed by atoms with Crippen molar-refractivity contribution in [3.63, 3.8) is 0 Å². The van der Waals surface area contributed by atoms with Gasteiger partial charge in [0.25, 0.3) is 0 Å². The maximum absolute atomic E-state index is 5.35. The van der Waals surface area contributed by atoms with Gasteiger partial charge in [-0.2, -0.15) is 0 Å². The minimum absolute atomic E-state index is 0.723. The number of aryl methyl sites for hydroxylation is 1. The highest BCUT2D eigenvalue weighted by Gasteiger charge is 2.09. The second kappa shape index (κ2) is 5.82. The molecule has 0 radical (unpaired) electrons. The molecule has 0 bridgehead atoms. The molecule has 0 unspecified atom stereocenters. The molecule has 1 aromatic heterocycles. The molecule has 0 saturated carbocycles. The largest absolute Gasteiger partial charge is 0.493 e. The lowest BCUT2D eigenvalue weighted by Crippen LogP contribution is -2.10. The van der Waals surface area contributed by atoms with Crippen LogP contribution in [0.3, 0.4) is 0 Å². The van der Waals surface area contributed by atoms with Crippen molar-refractivity contribution in [3.8, 4) is 22.6 Å². The van der Waals surface area contributed by atoms with Gasteiger partial charge in [-0.1, -0.05) is 6.07 Å². The zero-order valence-electron chi connectivity index (χ0n) is 12.6. The normalized spacial score (nSPS) is 10.2. The predicted molar refractivity (Wildman–Crippen MR) is 81.8 cm³/mol. The summed E-state index contributed by atoms with van der Waals surface area (Å²) in [5, 5.41) is 0. The van der Waals surface area contributed by atoms with Gasteiger partial charge in [0, 0.05) is 25.9 Å². The Balaban J connectivity index is 2.46. The second-order valence-corrected chi connectivity index (χ2v) is 4.82. The molecule has 0 aliphatic carbocycles. The summed E-state index contributed by atoms with van der Waals surface area (Å²) in [7, 11) is 7.24. The van der Waals surface area contributed by atoms with Gasteiger partial charge in [-0.25, -0.2) is 4.98 Å². The van der Waals surface area contributed by atoms with Gasteiger partial charge in [0.05, 0.1) is 14.2 Å². The molecule has 0 aliphatic rings. The fourth-order valence-electron chi connectivity index (χ4n) is 2.09. The molecule has 0 atom stereocenters. The number of hydrogen-bond acceptors (Lipinski definition) is 4. The molecule has 0 aliphatic heterocycles. The van der Waals surface area contributed by atoms with Crippen LogP contribution < -0.4 is 14.4 Å². The number of pyridine rings is 1. The summed E-state index contributed by atoms with van der Waals surface area (Å²) in [6.45, 7) is 2.08.